The molecule has 0 saturated carbocycles. The van der Waals surface area contributed by atoms with Gasteiger partial charge in [0.15, 0.2) is 5.78 Å². The summed E-state index contributed by atoms with van der Waals surface area (Å²) in [5.74, 6) is 0.362. The van der Waals surface area contributed by atoms with Gasteiger partial charge in [-0.2, -0.15) is 0 Å². The maximum absolute atomic E-state index is 10.6. The fourth-order valence-corrected chi connectivity index (χ4v) is 0.522. The minimum atomic E-state index is -0.137. The van der Waals surface area contributed by atoms with Gasteiger partial charge in [0.2, 0.25) is 0 Å². The van der Waals surface area contributed by atoms with Crippen molar-refractivity contribution < 1.29 is 14.3 Å². The van der Waals surface area contributed by atoms with Crippen LogP contribution in [0.15, 0.2) is 37.6 Å². The molecule has 0 saturated heterocycles. The number of hydrogen-bond acceptors (Lipinski definition) is 3. The van der Waals surface area contributed by atoms with E-state index in [2.05, 4.69) is 19.7 Å². The second kappa shape index (κ2) is 7.31. The van der Waals surface area contributed by atoms with Crippen LogP contribution in [0.4, 0.5) is 0 Å². The second-order valence-corrected chi connectivity index (χ2v) is 2.24. The highest BCUT2D eigenvalue weighted by Crippen LogP contribution is 1.92. The number of carbonyl (C=O) groups excluding carboxylic acids is 1. The molecule has 13 heavy (non-hydrogen) atoms. The summed E-state index contributed by atoms with van der Waals surface area (Å²) < 4.78 is 9.99. The summed E-state index contributed by atoms with van der Waals surface area (Å²) in [5.41, 5.74) is 0. The Morgan fingerprint density at radius 3 is 2.46 bits per heavy atom. The molecule has 3 heteroatoms. The third-order valence-corrected chi connectivity index (χ3v) is 1.21. The summed E-state index contributed by atoms with van der Waals surface area (Å²) in [6.45, 7) is 11.1. The molecule has 0 fully saturated rings. The molecule has 0 spiro atoms. The van der Waals surface area contributed by atoms with Gasteiger partial charge in [0, 0.05) is 0 Å². The van der Waals surface area contributed by atoms with Crippen LogP contribution in [-0.4, -0.2) is 25.6 Å². The normalized spacial score (nSPS) is 8.92. The summed E-state index contributed by atoms with van der Waals surface area (Å²) >= 11 is 0. The molecular formula is C10H14O3. The molecule has 0 aromatic rings. The van der Waals surface area contributed by atoms with E-state index in [9.17, 15) is 4.79 Å². The topological polar surface area (TPSA) is 35.5 Å². The number of rotatable bonds is 8. The van der Waals surface area contributed by atoms with Crippen LogP contribution in [0.5, 0.6) is 0 Å². The molecule has 0 N–H and O–H groups in total. The van der Waals surface area contributed by atoms with Gasteiger partial charge < -0.3 is 9.47 Å². The van der Waals surface area contributed by atoms with Gasteiger partial charge >= 0.3 is 0 Å². The van der Waals surface area contributed by atoms with E-state index in [-0.39, 0.29) is 12.4 Å². The van der Waals surface area contributed by atoms with Crippen molar-refractivity contribution in [3.05, 3.63) is 37.6 Å². The predicted octanol–water partition coefficient (Wildman–Crippen LogP) is 1.47. The zero-order valence-corrected chi connectivity index (χ0v) is 7.62. The van der Waals surface area contributed by atoms with E-state index >= 15 is 0 Å². The van der Waals surface area contributed by atoms with Crippen LogP contribution >= 0.6 is 0 Å². The summed E-state index contributed by atoms with van der Waals surface area (Å²) in [4.78, 5) is 10.6. The molecule has 0 unspecified atom stereocenters. The quantitative estimate of drug-likeness (QED) is 0.247. The molecule has 0 rings (SSSR count). The van der Waals surface area contributed by atoms with Gasteiger partial charge in [0.1, 0.15) is 19.0 Å². The number of hydrogen-bond donors (Lipinski definition) is 0. The van der Waals surface area contributed by atoms with Gasteiger partial charge in [0.25, 0.3) is 0 Å². The fourth-order valence-electron chi connectivity index (χ4n) is 0.522. The second-order valence-electron chi connectivity index (χ2n) is 2.24. The van der Waals surface area contributed by atoms with Gasteiger partial charge in [-0.05, 0) is 12.2 Å². The van der Waals surface area contributed by atoms with E-state index < -0.39 is 0 Å². The molecule has 0 heterocycles. The van der Waals surface area contributed by atoms with Gasteiger partial charge in [-0.1, -0.05) is 19.7 Å². The third-order valence-electron chi connectivity index (χ3n) is 1.21. The minimum absolute atomic E-state index is 0.0490. The Morgan fingerprint density at radius 2 is 1.92 bits per heavy atom. The number of carbonyl (C=O) groups is 1. The summed E-state index contributed by atoms with van der Waals surface area (Å²) in [6, 6.07) is 0. The lowest BCUT2D eigenvalue weighted by Gasteiger charge is -2.04. The minimum Gasteiger partial charge on any atom is -0.492 e. The smallest absolute Gasteiger partial charge is 0.180 e. The first-order valence-corrected chi connectivity index (χ1v) is 3.88. The highest BCUT2D eigenvalue weighted by Gasteiger charge is 1.95. The van der Waals surface area contributed by atoms with Crippen molar-refractivity contribution in [1.29, 1.82) is 0 Å². The molecular weight excluding hydrogens is 168 g/mol. The standard InChI is InChI=1S/C10H14O3/c1-4-9(3)13-7-6-12-8-10(11)5-2/h4-5H,1-3,6-8H2. The molecule has 0 amide bonds. The summed E-state index contributed by atoms with van der Waals surface area (Å²) in [5, 5.41) is 0. The molecule has 0 radical (unpaired) electrons. The van der Waals surface area contributed by atoms with Crippen molar-refractivity contribution in [3.63, 3.8) is 0 Å². The van der Waals surface area contributed by atoms with Gasteiger partial charge in [-0.15, -0.1) is 0 Å². The summed E-state index contributed by atoms with van der Waals surface area (Å²) in [6.07, 6.45) is 2.73. The Balaban J connectivity index is 3.26. The van der Waals surface area contributed by atoms with Gasteiger partial charge in [-0.25, -0.2) is 0 Å². The van der Waals surface area contributed by atoms with Crippen molar-refractivity contribution in [2.45, 2.75) is 0 Å². The van der Waals surface area contributed by atoms with Crippen LogP contribution in [0.1, 0.15) is 0 Å². The van der Waals surface area contributed by atoms with Crippen molar-refractivity contribution in [3.8, 4) is 0 Å². The van der Waals surface area contributed by atoms with E-state index in [1.807, 2.05) is 0 Å². The van der Waals surface area contributed by atoms with Crippen LogP contribution in [0.25, 0.3) is 0 Å². The molecule has 0 atom stereocenters. The van der Waals surface area contributed by atoms with Crippen LogP contribution in [0.3, 0.4) is 0 Å². The first-order chi connectivity index (χ1) is 6.20. The molecule has 0 aromatic heterocycles. The van der Waals surface area contributed by atoms with E-state index in [4.69, 9.17) is 9.47 Å². The van der Waals surface area contributed by atoms with Gasteiger partial charge in [0.05, 0.1) is 6.61 Å². The van der Waals surface area contributed by atoms with Crippen molar-refractivity contribution in [1.82, 2.24) is 0 Å². The Morgan fingerprint density at radius 1 is 1.23 bits per heavy atom. The molecule has 0 aromatic carbocycles. The number of ether oxygens (including phenoxy) is 2. The maximum atomic E-state index is 10.6. The monoisotopic (exact) mass is 182 g/mol. The molecule has 3 nitrogen and oxygen atoms in total. The molecule has 0 aliphatic rings. The molecule has 0 aliphatic heterocycles. The SMILES string of the molecule is C=CC(=C)OCCOCC(=O)C=C. The highest BCUT2D eigenvalue weighted by molar-refractivity contribution is 5.90. The van der Waals surface area contributed by atoms with Gasteiger partial charge in [-0.3, -0.25) is 4.79 Å². The highest BCUT2D eigenvalue weighted by atomic mass is 16.5. The lowest BCUT2D eigenvalue weighted by Crippen LogP contribution is -2.09. The average molecular weight is 182 g/mol. The van der Waals surface area contributed by atoms with Crippen molar-refractivity contribution in [2.75, 3.05) is 19.8 Å². The Labute approximate surface area is 78.3 Å². The Hall–Kier alpha value is -1.35. The first kappa shape index (κ1) is 11.6. The van der Waals surface area contributed by atoms with Crippen molar-refractivity contribution >= 4 is 5.78 Å². The lowest BCUT2D eigenvalue weighted by atomic mass is 10.4. The average Bonchev–Trinajstić information content (AvgIpc) is 2.16. The zero-order valence-electron chi connectivity index (χ0n) is 7.62. The first-order valence-electron chi connectivity index (χ1n) is 3.88. The maximum Gasteiger partial charge on any atom is 0.180 e. The summed E-state index contributed by atoms with van der Waals surface area (Å²) in [7, 11) is 0. The van der Waals surface area contributed by atoms with E-state index in [1.54, 1.807) is 0 Å². The number of ketones is 1. The molecule has 72 valence electrons. The van der Waals surface area contributed by atoms with Crippen LogP contribution < -0.4 is 0 Å². The lowest BCUT2D eigenvalue weighted by molar-refractivity contribution is -0.119. The van der Waals surface area contributed by atoms with E-state index in [0.29, 0.717) is 19.0 Å². The molecule has 0 aliphatic carbocycles. The predicted molar refractivity (Wildman–Crippen MR) is 51.3 cm³/mol. The largest absolute Gasteiger partial charge is 0.492 e. The Kier molecular flexibility index (Phi) is 6.55. The van der Waals surface area contributed by atoms with Crippen molar-refractivity contribution in [2.24, 2.45) is 0 Å². The number of allylic oxidation sites excluding steroid dienone is 1. The Bertz CT molecular complexity index is 184. The van der Waals surface area contributed by atoms with E-state index in [0.717, 1.165) is 0 Å². The van der Waals surface area contributed by atoms with Crippen LogP contribution in [-0.2, 0) is 14.3 Å². The third kappa shape index (κ3) is 7.03. The van der Waals surface area contributed by atoms with E-state index in [1.165, 1.54) is 12.2 Å². The van der Waals surface area contributed by atoms with Crippen LogP contribution in [0, 0.1) is 0 Å². The zero-order chi connectivity index (χ0) is 10.1. The van der Waals surface area contributed by atoms with Crippen LogP contribution in [0.2, 0.25) is 0 Å². The fraction of sp³-hybridized carbons (Fsp3) is 0.300. The molecule has 0 bridgehead atoms.